The second-order valence-electron chi connectivity index (χ2n) is 4.46. The van der Waals surface area contributed by atoms with Gasteiger partial charge in [0.1, 0.15) is 11.3 Å². The van der Waals surface area contributed by atoms with Crippen LogP contribution < -0.4 is 0 Å². The summed E-state index contributed by atoms with van der Waals surface area (Å²) in [6.07, 6.45) is 1.63. The summed E-state index contributed by atoms with van der Waals surface area (Å²) in [6, 6.07) is 9.29. The number of aryl methyl sites for hydroxylation is 1. The molecule has 6 heteroatoms. The average Bonchev–Trinajstić information content (AvgIpc) is 2.88. The molecule has 3 aromatic rings. The van der Waals surface area contributed by atoms with E-state index in [0.29, 0.717) is 10.0 Å². The van der Waals surface area contributed by atoms with Crippen LogP contribution in [0.4, 0.5) is 5.69 Å². The molecule has 5 nitrogen and oxygen atoms in total. The normalized spacial score (nSPS) is 11.5. The summed E-state index contributed by atoms with van der Waals surface area (Å²) in [7, 11) is 0. The number of phenols is 1. The van der Waals surface area contributed by atoms with Crippen molar-refractivity contribution in [1.82, 2.24) is 15.4 Å². The van der Waals surface area contributed by atoms with Crippen LogP contribution in [0.3, 0.4) is 0 Å². The van der Waals surface area contributed by atoms with Crippen LogP contribution in [0.5, 0.6) is 5.75 Å². The highest BCUT2D eigenvalue weighted by Crippen LogP contribution is 2.28. The van der Waals surface area contributed by atoms with Gasteiger partial charge in [-0.3, -0.25) is 10.1 Å². The highest BCUT2D eigenvalue weighted by atomic mass is 79.9. The van der Waals surface area contributed by atoms with Gasteiger partial charge < -0.3 is 5.11 Å². The number of aromatic hydroxyl groups is 1. The maximum Gasteiger partial charge on any atom is 0.138 e. The van der Waals surface area contributed by atoms with E-state index in [9.17, 15) is 5.11 Å². The number of aromatic nitrogens is 3. The van der Waals surface area contributed by atoms with Crippen molar-refractivity contribution in [2.45, 2.75) is 6.92 Å². The molecule has 0 atom stereocenters. The Morgan fingerprint density at radius 3 is 3.00 bits per heavy atom. The third-order valence-corrected chi connectivity index (χ3v) is 3.50. The molecule has 0 fully saturated rings. The molecule has 0 aliphatic rings. The van der Waals surface area contributed by atoms with Gasteiger partial charge in [-0.1, -0.05) is 5.21 Å². The van der Waals surface area contributed by atoms with Crippen molar-refractivity contribution in [3.8, 4) is 5.75 Å². The van der Waals surface area contributed by atoms with Gasteiger partial charge in [0.2, 0.25) is 0 Å². The van der Waals surface area contributed by atoms with Crippen LogP contribution in [0.15, 0.2) is 39.8 Å². The Bertz CT molecular complexity index is 810. The lowest BCUT2D eigenvalue weighted by Crippen LogP contribution is -1.86. The lowest BCUT2D eigenvalue weighted by molar-refractivity contribution is 0.471. The summed E-state index contributed by atoms with van der Waals surface area (Å²) in [6.45, 7) is 1.96. The second kappa shape index (κ2) is 5.05. The van der Waals surface area contributed by atoms with E-state index in [-0.39, 0.29) is 5.75 Å². The summed E-state index contributed by atoms with van der Waals surface area (Å²) in [5.74, 6) is 0.182. The number of rotatable bonds is 2. The first kappa shape index (κ1) is 12.8. The average molecular weight is 331 g/mol. The van der Waals surface area contributed by atoms with E-state index in [4.69, 9.17) is 0 Å². The first-order valence-corrected chi connectivity index (χ1v) is 6.77. The predicted octanol–water partition coefficient (Wildman–Crippen LogP) is 3.49. The fourth-order valence-electron chi connectivity index (χ4n) is 1.91. The Morgan fingerprint density at radius 2 is 2.15 bits per heavy atom. The Labute approximate surface area is 123 Å². The summed E-state index contributed by atoms with van der Waals surface area (Å²) in [5, 5.41) is 20.4. The van der Waals surface area contributed by atoms with Crippen LogP contribution in [0, 0.1) is 6.92 Å². The molecular formula is C14H11BrN4O. The van der Waals surface area contributed by atoms with Crippen LogP contribution in [-0.4, -0.2) is 26.7 Å². The number of hydrogen-bond donors (Lipinski definition) is 2. The first-order valence-electron chi connectivity index (χ1n) is 5.97. The van der Waals surface area contributed by atoms with Gasteiger partial charge in [0.05, 0.1) is 15.7 Å². The molecule has 1 aromatic heterocycles. The topological polar surface area (TPSA) is 74.2 Å². The van der Waals surface area contributed by atoms with E-state index < -0.39 is 0 Å². The quantitative estimate of drug-likeness (QED) is 0.706. The maximum atomic E-state index is 9.97. The number of phenolic OH excluding ortho intramolecular Hbond substituents is 1. The van der Waals surface area contributed by atoms with Crippen LogP contribution in [0.25, 0.3) is 11.0 Å². The van der Waals surface area contributed by atoms with Gasteiger partial charge in [0, 0.05) is 11.8 Å². The molecule has 20 heavy (non-hydrogen) atoms. The molecule has 3 rings (SSSR count). The molecule has 0 aliphatic carbocycles. The summed E-state index contributed by atoms with van der Waals surface area (Å²) in [4.78, 5) is 4.36. The van der Waals surface area contributed by atoms with Crippen molar-refractivity contribution in [1.29, 1.82) is 0 Å². The van der Waals surface area contributed by atoms with Gasteiger partial charge in [0.15, 0.2) is 0 Å². The minimum absolute atomic E-state index is 0.182. The first-order chi connectivity index (χ1) is 9.63. The van der Waals surface area contributed by atoms with Gasteiger partial charge in [-0.15, -0.1) is 5.10 Å². The number of H-pyrrole nitrogens is 1. The molecule has 0 saturated heterocycles. The van der Waals surface area contributed by atoms with Crippen LogP contribution in [0.2, 0.25) is 0 Å². The van der Waals surface area contributed by atoms with Crippen molar-refractivity contribution in [2.75, 3.05) is 0 Å². The van der Waals surface area contributed by atoms with E-state index in [1.165, 1.54) is 0 Å². The summed E-state index contributed by atoms with van der Waals surface area (Å²) >= 11 is 3.32. The molecule has 1 heterocycles. The fraction of sp³-hybridized carbons (Fsp3) is 0.0714. The lowest BCUT2D eigenvalue weighted by atomic mass is 10.1. The Balaban J connectivity index is 1.97. The monoisotopic (exact) mass is 330 g/mol. The van der Waals surface area contributed by atoms with E-state index >= 15 is 0 Å². The molecule has 2 aromatic carbocycles. The van der Waals surface area contributed by atoms with Crippen LogP contribution in [-0.2, 0) is 0 Å². The largest absolute Gasteiger partial charge is 0.506 e. The zero-order chi connectivity index (χ0) is 14.1. The molecule has 0 spiro atoms. The SMILES string of the molecule is Cc1cc(Br)c(O)c(/C=N/c2ccc3[nH]nnc3c2)c1. The third kappa shape index (κ3) is 2.42. The zero-order valence-corrected chi connectivity index (χ0v) is 12.2. The molecule has 0 amide bonds. The number of fused-ring (bicyclic) bond motifs is 1. The minimum Gasteiger partial charge on any atom is -0.506 e. The van der Waals surface area contributed by atoms with Crippen LogP contribution in [0.1, 0.15) is 11.1 Å². The fourth-order valence-corrected chi connectivity index (χ4v) is 2.50. The molecule has 0 saturated carbocycles. The number of nitrogens with zero attached hydrogens (tertiary/aromatic N) is 3. The lowest BCUT2D eigenvalue weighted by Gasteiger charge is -2.03. The van der Waals surface area contributed by atoms with E-state index in [1.807, 2.05) is 37.3 Å². The van der Waals surface area contributed by atoms with E-state index in [1.54, 1.807) is 6.21 Å². The van der Waals surface area contributed by atoms with E-state index in [0.717, 1.165) is 22.3 Å². The Morgan fingerprint density at radius 1 is 1.30 bits per heavy atom. The number of aliphatic imine (C=N–C) groups is 1. The summed E-state index contributed by atoms with van der Waals surface area (Å²) in [5.41, 5.74) is 4.09. The smallest absolute Gasteiger partial charge is 0.138 e. The number of benzene rings is 2. The van der Waals surface area contributed by atoms with Crippen molar-refractivity contribution >= 4 is 38.9 Å². The van der Waals surface area contributed by atoms with Gasteiger partial charge in [-0.2, -0.15) is 0 Å². The van der Waals surface area contributed by atoms with Crippen molar-refractivity contribution in [3.05, 3.63) is 45.9 Å². The number of aromatic amines is 1. The highest BCUT2D eigenvalue weighted by Gasteiger charge is 2.04. The Hall–Kier alpha value is -2.21. The molecule has 0 aliphatic heterocycles. The molecule has 0 bridgehead atoms. The summed E-state index contributed by atoms with van der Waals surface area (Å²) < 4.78 is 0.658. The third-order valence-electron chi connectivity index (χ3n) is 2.90. The highest BCUT2D eigenvalue weighted by molar-refractivity contribution is 9.10. The van der Waals surface area contributed by atoms with Crippen molar-refractivity contribution in [3.63, 3.8) is 0 Å². The molecule has 100 valence electrons. The maximum absolute atomic E-state index is 9.97. The zero-order valence-electron chi connectivity index (χ0n) is 10.6. The van der Waals surface area contributed by atoms with Crippen LogP contribution >= 0.6 is 15.9 Å². The number of nitrogens with one attached hydrogen (secondary N) is 1. The number of hydrogen-bond acceptors (Lipinski definition) is 4. The second-order valence-corrected chi connectivity index (χ2v) is 5.31. The van der Waals surface area contributed by atoms with Gasteiger partial charge >= 0.3 is 0 Å². The van der Waals surface area contributed by atoms with E-state index in [2.05, 4.69) is 36.3 Å². The molecule has 0 radical (unpaired) electrons. The van der Waals surface area contributed by atoms with Gasteiger partial charge in [0.25, 0.3) is 0 Å². The molecule has 0 unspecified atom stereocenters. The standard InChI is InChI=1S/C14H11BrN4O/c1-8-4-9(14(20)11(15)5-8)7-16-10-2-3-12-13(6-10)18-19-17-12/h2-7,20H,1H3,(H,17,18,19)/b16-7+. The van der Waals surface area contributed by atoms with Crippen molar-refractivity contribution < 1.29 is 5.11 Å². The van der Waals surface area contributed by atoms with Gasteiger partial charge in [-0.05, 0) is 58.7 Å². The minimum atomic E-state index is 0.182. The predicted molar refractivity (Wildman–Crippen MR) is 81.7 cm³/mol. The molecule has 2 N–H and O–H groups in total. The Kier molecular flexibility index (Phi) is 3.23. The molecular weight excluding hydrogens is 320 g/mol. The number of halogens is 1. The van der Waals surface area contributed by atoms with Gasteiger partial charge in [-0.25, -0.2) is 0 Å². The van der Waals surface area contributed by atoms with Crippen molar-refractivity contribution in [2.24, 2.45) is 4.99 Å².